The standard InChI is InChI=1S/C19H20FNO3S/c1-3-13-7-8-15(11-18(13)25(2,23)24)19(22)21-10-9-14-5-4-6-17(20)16(14)12-21/h4-8,11H,3,9-10,12H2,1-2H3. The number of hydrogen-bond acceptors (Lipinski definition) is 3. The predicted octanol–water partition coefficient (Wildman–Crippen LogP) is 2.99. The van der Waals surface area contributed by atoms with E-state index in [1.807, 2.05) is 13.0 Å². The quantitative estimate of drug-likeness (QED) is 0.844. The van der Waals surface area contributed by atoms with Gasteiger partial charge >= 0.3 is 0 Å². The summed E-state index contributed by atoms with van der Waals surface area (Å²) in [5, 5.41) is 0. The fourth-order valence-electron chi connectivity index (χ4n) is 3.22. The molecular formula is C19H20FNO3S. The number of aryl methyl sites for hydroxylation is 1. The summed E-state index contributed by atoms with van der Waals surface area (Å²) in [6.07, 6.45) is 2.30. The van der Waals surface area contributed by atoms with Gasteiger partial charge in [-0.05, 0) is 42.2 Å². The smallest absolute Gasteiger partial charge is 0.254 e. The molecule has 0 spiro atoms. The molecule has 0 saturated carbocycles. The van der Waals surface area contributed by atoms with Crippen LogP contribution in [0.15, 0.2) is 41.3 Å². The highest BCUT2D eigenvalue weighted by Crippen LogP contribution is 2.25. The van der Waals surface area contributed by atoms with Gasteiger partial charge in [0, 0.05) is 30.5 Å². The fraction of sp³-hybridized carbons (Fsp3) is 0.316. The van der Waals surface area contributed by atoms with Gasteiger partial charge < -0.3 is 4.90 Å². The number of carbonyl (C=O) groups is 1. The Labute approximate surface area is 147 Å². The van der Waals surface area contributed by atoms with Crippen molar-refractivity contribution < 1.29 is 17.6 Å². The molecule has 1 heterocycles. The molecule has 2 aromatic carbocycles. The topological polar surface area (TPSA) is 54.5 Å². The van der Waals surface area contributed by atoms with Crippen molar-refractivity contribution in [2.45, 2.75) is 31.2 Å². The van der Waals surface area contributed by atoms with E-state index < -0.39 is 9.84 Å². The van der Waals surface area contributed by atoms with E-state index in [2.05, 4.69) is 0 Å². The summed E-state index contributed by atoms with van der Waals surface area (Å²) in [4.78, 5) is 14.6. The van der Waals surface area contributed by atoms with E-state index in [0.29, 0.717) is 36.1 Å². The molecule has 0 N–H and O–H groups in total. The van der Waals surface area contributed by atoms with Gasteiger partial charge in [-0.15, -0.1) is 0 Å². The van der Waals surface area contributed by atoms with E-state index in [4.69, 9.17) is 0 Å². The predicted molar refractivity (Wildman–Crippen MR) is 93.8 cm³/mol. The maximum absolute atomic E-state index is 14.0. The second-order valence-electron chi connectivity index (χ2n) is 6.30. The SMILES string of the molecule is CCc1ccc(C(=O)N2CCc3cccc(F)c3C2)cc1S(C)(=O)=O. The van der Waals surface area contributed by atoms with Gasteiger partial charge in [0.15, 0.2) is 9.84 Å². The van der Waals surface area contributed by atoms with E-state index in [1.165, 1.54) is 12.1 Å². The molecule has 132 valence electrons. The van der Waals surface area contributed by atoms with E-state index in [1.54, 1.807) is 23.1 Å². The minimum Gasteiger partial charge on any atom is -0.334 e. The maximum Gasteiger partial charge on any atom is 0.254 e. The number of halogens is 1. The van der Waals surface area contributed by atoms with Crippen LogP contribution in [0.2, 0.25) is 0 Å². The fourth-order valence-corrected chi connectivity index (χ4v) is 4.25. The highest BCUT2D eigenvalue weighted by atomic mass is 32.2. The Balaban J connectivity index is 1.93. The number of benzene rings is 2. The first kappa shape index (κ1) is 17.6. The molecule has 1 amide bonds. The molecule has 4 nitrogen and oxygen atoms in total. The lowest BCUT2D eigenvalue weighted by Crippen LogP contribution is -2.36. The average molecular weight is 361 g/mol. The summed E-state index contributed by atoms with van der Waals surface area (Å²) in [7, 11) is -3.42. The first-order valence-electron chi connectivity index (χ1n) is 8.19. The first-order valence-corrected chi connectivity index (χ1v) is 10.1. The van der Waals surface area contributed by atoms with E-state index in [9.17, 15) is 17.6 Å². The molecule has 2 aromatic rings. The molecule has 0 bridgehead atoms. The Bertz CT molecular complexity index is 938. The van der Waals surface area contributed by atoms with Gasteiger partial charge in [0.05, 0.1) is 4.90 Å². The summed E-state index contributed by atoms with van der Waals surface area (Å²) in [5.41, 5.74) is 2.46. The largest absolute Gasteiger partial charge is 0.334 e. The Morgan fingerprint density at radius 1 is 1.24 bits per heavy atom. The van der Waals surface area contributed by atoms with Crippen LogP contribution in [0.4, 0.5) is 4.39 Å². The Morgan fingerprint density at radius 3 is 2.68 bits per heavy atom. The highest BCUT2D eigenvalue weighted by molar-refractivity contribution is 7.90. The number of fused-ring (bicyclic) bond motifs is 1. The third-order valence-corrected chi connectivity index (χ3v) is 5.78. The minimum absolute atomic E-state index is 0.185. The van der Waals surface area contributed by atoms with Crippen molar-refractivity contribution in [1.82, 2.24) is 4.90 Å². The maximum atomic E-state index is 14.0. The molecule has 6 heteroatoms. The molecule has 0 aromatic heterocycles. The Kier molecular flexibility index (Phi) is 4.64. The van der Waals surface area contributed by atoms with Crippen LogP contribution in [0.5, 0.6) is 0 Å². The van der Waals surface area contributed by atoms with Crippen molar-refractivity contribution >= 4 is 15.7 Å². The van der Waals surface area contributed by atoms with Crippen LogP contribution in [-0.4, -0.2) is 32.0 Å². The summed E-state index contributed by atoms with van der Waals surface area (Å²) in [5.74, 6) is -0.588. The molecule has 0 unspecified atom stereocenters. The lowest BCUT2D eigenvalue weighted by atomic mass is 9.98. The molecule has 3 rings (SSSR count). The van der Waals surface area contributed by atoms with Gasteiger partial charge in [-0.1, -0.05) is 25.1 Å². The third kappa shape index (κ3) is 3.44. The molecule has 25 heavy (non-hydrogen) atoms. The summed E-state index contributed by atoms with van der Waals surface area (Å²) in [6.45, 7) is 2.56. The van der Waals surface area contributed by atoms with Crippen LogP contribution in [0.1, 0.15) is 34.0 Å². The number of hydrogen-bond donors (Lipinski definition) is 0. The van der Waals surface area contributed by atoms with E-state index >= 15 is 0 Å². The first-order chi connectivity index (χ1) is 11.8. The van der Waals surface area contributed by atoms with Gasteiger partial charge in [0.25, 0.3) is 5.91 Å². The third-order valence-electron chi connectivity index (χ3n) is 4.60. The zero-order valence-electron chi connectivity index (χ0n) is 14.3. The van der Waals surface area contributed by atoms with Gasteiger partial charge in [0.1, 0.15) is 5.82 Å². The number of rotatable bonds is 3. The number of carbonyl (C=O) groups excluding carboxylic acids is 1. The van der Waals surface area contributed by atoms with Crippen molar-refractivity contribution in [2.75, 3.05) is 12.8 Å². The van der Waals surface area contributed by atoms with Crippen molar-refractivity contribution in [3.05, 3.63) is 64.5 Å². The Hall–Kier alpha value is -2.21. The Morgan fingerprint density at radius 2 is 2.00 bits per heavy atom. The van der Waals surface area contributed by atoms with Crippen LogP contribution in [0, 0.1) is 5.82 Å². The average Bonchev–Trinajstić information content (AvgIpc) is 2.60. The van der Waals surface area contributed by atoms with Crippen LogP contribution in [0.25, 0.3) is 0 Å². The van der Waals surface area contributed by atoms with Crippen molar-refractivity contribution in [2.24, 2.45) is 0 Å². The summed E-state index contributed by atoms with van der Waals surface area (Å²) in [6, 6.07) is 9.71. The van der Waals surface area contributed by atoms with Crippen molar-refractivity contribution in [3.63, 3.8) is 0 Å². The molecule has 1 aliphatic rings. The number of nitrogens with zero attached hydrogens (tertiary/aromatic N) is 1. The van der Waals surface area contributed by atoms with E-state index in [0.717, 1.165) is 11.8 Å². The van der Waals surface area contributed by atoms with Gasteiger partial charge in [-0.25, -0.2) is 12.8 Å². The number of amides is 1. The van der Waals surface area contributed by atoms with Crippen LogP contribution in [-0.2, 0) is 29.2 Å². The second-order valence-corrected chi connectivity index (χ2v) is 8.29. The monoisotopic (exact) mass is 361 g/mol. The van der Waals surface area contributed by atoms with E-state index in [-0.39, 0.29) is 23.2 Å². The second kappa shape index (κ2) is 6.59. The van der Waals surface area contributed by atoms with Crippen LogP contribution >= 0.6 is 0 Å². The zero-order valence-corrected chi connectivity index (χ0v) is 15.1. The minimum atomic E-state index is -3.42. The van der Waals surface area contributed by atoms with Crippen LogP contribution in [0.3, 0.4) is 0 Å². The highest BCUT2D eigenvalue weighted by Gasteiger charge is 2.25. The molecule has 0 aliphatic carbocycles. The molecule has 0 atom stereocenters. The lowest BCUT2D eigenvalue weighted by Gasteiger charge is -2.29. The summed E-state index contributed by atoms with van der Waals surface area (Å²) >= 11 is 0. The number of sulfone groups is 1. The van der Waals surface area contributed by atoms with Crippen LogP contribution < -0.4 is 0 Å². The molecule has 0 fully saturated rings. The molecule has 1 aliphatic heterocycles. The molecule has 0 radical (unpaired) electrons. The zero-order chi connectivity index (χ0) is 18.2. The van der Waals surface area contributed by atoms with Gasteiger partial charge in [-0.3, -0.25) is 4.79 Å². The molecular weight excluding hydrogens is 341 g/mol. The van der Waals surface area contributed by atoms with Gasteiger partial charge in [0.2, 0.25) is 0 Å². The summed E-state index contributed by atoms with van der Waals surface area (Å²) < 4.78 is 38.0. The van der Waals surface area contributed by atoms with Crippen molar-refractivity contribution in [3.8, 4) is 0 Å². The van der Waals surface area contributed by atoms with Gasteiger partial charge in [-0.2, -0.15) is 0 Å². The van der Waals surface area contributed by atoms with Crippen molar-refractivity contribution in [1.29, 1.82) is 0 Å². The normalized spacial score (nSPS) is 14.3. The lowest BCUT2D eigenvalue weighted by molar-refractivity contribution is 0.0732. The molecule has 0 saturated heterocycles.